The Morgan fingerprint density at radius 1 is 0.550 bits per heavy atom. The summed E-state index contributed by atoms with van der Waals surface area (Å²) in [6.07, 6.45) is 20.3. The van der Waals surface area contributed by atoms with Crippen molar-refractivity contribution in [3.05, 3.63) is 0 Å². The van der Waals surface area contributed by atoms with Gasteiger partial charge in [0.05, 0.1) is 0 Å². The van der Waals surface area contributed by atoms with Crippen LogP contribution in [-0.4, -0.2) is 0 Å². The molecule has 0 heteroatoms. The van der Waals surface area contributed by atoms with Crippen molar-refractivity contribution in [2.75, 3.05) is 0 Å². The third-order valence-corrected chi connectivity index (χ3v) is 5.06. The Balaban J connectivity index is 3.64. The lowest BCUT2D eigenvalue weighted by Crippen LogP contribution is -2.11. The van der Waals surface area contributed by atoms with Crippen molar-refractivity contribution in [2.45, 2.75) is 118 Å². The first-order valence-electron chi connectivity index (χ1n) is 9.76. The molecule has 0 aliphatic heterocycles. The van der Waals surface area contributed by atoms with Gasteiger partial charge >= 0.3 is 0 Å². The van der Waals surface area contributed by atoms with E-state index in [2.05, 4.69) is 27.7 Å². The SMILES string of the molecule is CCCCCCCCCC(CCCCCC)C(C)CC. The van der Waals surface area contributed by atoms with Crippen molar-refractivity contribution >= 4 is 0 Å². The van der Waals surface area contributed by atoms with Gasteiger partial charge in [-0.25, -0.2) is 0 Å². The van der Waals surface area contributed by atoms with Crippen LogP contribution in [0.3, 0.4) is 0 Å². The molecule has 0 nitrogen and oxygen atoms in total. The van der Waals surface area contributed by atoms with Crippen LogP contribution in [0, 0.1) is 11.8 Å². The maximum Gasteiger partial charge on any atom is -0.0389 e. The van der Waals surface area contributed by atoms with E-state index >= 15 is 0 Å². The second-order valence-corrected chi connectivity index (χ2v) is 6.90. The minimum atomic E-state index is 0.941. The minimum absolute atomic E-state index is 0.941. The average molecular weight is 283 g/mol. The molecular weight excluding hydrogens is 240 g/mol. The largest absolute Gasteiger partial charge is 0.0654 e. The summed E-state index contributed by atoms with van der Waals surface area (Å²) in [4.78, 5) is 0. The zero-order valence-corrected chi connectivity index (χ0v) is 15.1. The first-order chi connectivity index (χ1) is 9.76. The number of rotatable bonds is 15. The predicted octanol–water partition coefficient (Wildman–Crippen LogP) is 7.76. The highest BCUT2D eigenvalue weighted by molar-refractivity contribution is 4.66. The fourth-order valence-corrected chi connectivity index (χ4v) is 3.24. The van der Waals surface area contributed by atoms with Crippen LogP contribution in [0.5, 0.6) is 0 Å². The van der Waals surface area contributed by atoms with Crippen LogP contribution in [0.1, 0.15) is 118 Å². The van der Waals surface area contributed by atoms with Crippen LogP contribution < -0.4 is 0 Å². The van der Waals surface area contributed by atoms with E-state index < -0.39 is 0 Å². The average Bonchev–Trinajstić information content (AvgIpc) is 2.47. The van der Waals surface area contributed by atoms with Crippen LogP contribution in [-0.2, 0) is 0 Å². The topological polar surface area (TPSA) is 0 Å². The van der Waals surface area contributed by atoms with E-state index in [1.54, 1.807) is 0 Å². The molecule has 0 aliphatic rings. The van der Waals surface area contributed by atoms with E-state index in [1.165, 1.54) is 89.9 Å². The maximum absolute atomic E-state index is 2.48. The van der Waals surface area contributed by atoms with Crippen LogP contribution in [0.15, 0.2) is 0 Å². The Bertz CT molecular complexity index is 173. The van der Waals surface area contributed by atoms with Gasteiger partial charge in [0.2, 0.25) is 0 Å². The van der Waals surface area contributed by atoms with Crippen LogP contribution in [0.25, 0.3) is 0 Å². The van der Waals surface area contributed by atoms with Gasteiger partial charge in [0.15, 0.2) is 0 Å². The third-order valence-electron chi connectivity index (χ3n) is 5.06. The molecule has 2 atom stereocenters. The molecule has 0 heterocycles. The molecule has 0 aromatic carbocycles. The Morgan fingerprint density at radius 3 is 1.40 bits per heavy atom. The van der Waals surface area contributed by atoms with Gasteiger partial charge in [-0.2, -0.15) is 0 Å². The Labute approximate surface area is 130 Å². The Morgan fingerprint density at radius 2 is 0.950 bits per heavy atom. The summed E-state index contributed by atoms with van der Waals surface area (Å²) < 4.78 is 0. The second kappa shape index (κ2) is 15.4. The van der Waals surface area contributed by atoms with Crippen LogP contribution in [0.2, 0.25) is 0 Å². The first kappa shape index (κ1) is 20.0. The van der Waals surface area contributed by atoms with Gasteiger partial charge in [0.1, 0.15) is 0 Å². The van der Waals surface area contributed by atoms with Crippen molar-refractivity contribution in [1.29, 1.82) is 0 Å². The molecule has 0 aromatic heterocycles. The van der Waals surface area contributed by atoms with Crippen molar-refractivity contribution in [2.24, 2.45) is 11.8 Å². The van der Waals surface area contributed by atoms with E-state index in [9.17, 15) is 0 Å². The summed E-state index contributed by atoms with van der Waals surface area (Å²) in [7, 11) is 0. The van der Waals surface area contributed by atoms with Crippen molar-refractivity contribution in [3.8, 4) is 0 Å². The second-order valence-electron chi connectivity index (χ2n) is 6.90. The van der Waals surface area contributed by atoms with Crippen molar-refractivity contribution < 1.29 is 0 Å². The Kier molecular flexibility index (Phi) is 15.4. The highest BCUT2D eigenvalue weighted by atomic mass is 14.2. The van der Waals surface area contributed by atoms with E-state index in [0.717, 1.165) is 11.8 Å². The smallest absolute Gasteiger partial charge is 0.0389 e. The molecule has 0 saturated carbocycles. The number of hydrogen-bond donors (Lipinski definition) is 0. The third kappa shape index (κ3) is 11.8. The van der Waals surface area contributed by atoms with Gasteiger partial charge in [0, 0.05) is 0 Å². The molecule has 0 aliphatic carbocycles. The molecule has 0 spiro atoms. The summed E-state index contributed by atoms with van der Waals surface area (Å²) in [5.41, 5.74) is 0. The molecule has 122 valence electrons. The molecule has 0 radical (unpaired) electrons. The minimum Gasteiger partial charge on any atom is -0.0654 e. The standard InChI is InChI=1S/C20H42/c1-5-8-10-12-13-14-16-18-20(19(4)7-3)17-15-11-9-6-2/h19-20H,5-18H2,1-4H3. The molecule has 0 aromatic rings. The van der Waals surface area contributed by atoms with E-state index in [1.807, 2.05) is 0 Å². The lowest BCUT2D eigenvalue weighted by molar-refractivity contribution is 0.288. The van der Waals surface area contributed by atoms with Crippen LogP contribution in [0.4, 0.5) is 0 Å². The molecule has 0 saturated heterocycles. The first-order valence-corrected chi connectivity index (χ1v) is 9.76. The lowest BCUT2D eigenvalue weighted by atomic mass is 9.83. The van der Waals surface area contributed by atoms with Crippen LogP contribution >= 0.6 is 0 Å². The zero-order valence-electron chi connectivity index (χ0n) is 15.1. The summed E-state index contributed by atoms with van der Waals surface area (Å²) in [6.45, 7) is 9.46. The van der Waals surface area contributed by atoms with Gasteiger partial charge in [-0.3, -0.25) is 0 Å². The molecule has 20 heavy (non-hydrogen) atoms. The molecule has 0 bridgehead atoms. The maximum atomic E-state index is 2.48. The van der Waals surface area contributed by atoms with E-state index in [4.69, 9.17) is 0 Å². The molecule has 0 rings (SSSR count). The summed E-state index contributed by atoms with van der Waals surface area (Å²) in [6, 6.07) is 0. The fraction of sp³-hybridized carbons (Fsp3) is 1.00. The normalized spacial score (nSPS) is 14.4. The van der Waals surface area contributed by atoms with Crippen molar-refractivity contribution in [1.82, 2.24) is 0 Å². The van der Waals surface area contributed by atoms with E-state index in [0.29, 0.717) is 0 Å². The summed E-state index contributed by atoms with van der Waals surface area (Å²) >= 11 is 0. The molecule has 2 unspecified atom stereocenters. The molecule has 0 amide bonds. The number of unbranched alkanes of at least 4 members (excludes halogenated alkanes) is 9. The fourth-order valence-electron chi connectivity index (χ4n) is 3.24. The predicted molar refractivity (Wildman–Crippen MR) is 94.3 cm³/mol. The highest BCUT2D eigenvalue weighted by Crippen LogP contribution is 2.27. The van der Waals surface area contributed by atoms with Gasteiger partial charge in [-0.1, -0.05) is 118 Å². The quantitative estimate of drug-likeness (QED) is 0.269. The van der Waals surface area contributed by atoms with Crippen molar-refractivity contribution in [3.63, 3.8) is 0 Å². The molecule has 0 N–H and O–H groups in total. The van der Waals surface area contributed by atoms with E-state index in [-0.39, 0.29) is 0 Å². The lowest BCUT2D eigenvalue weighted by Gasteiger charge is -2.23. The molecular formula is C20H42. The monoisotopic (exact) mass is 282 g/mol. The summed E-state index contributed by atoms with van der Waals surface area (Å²) in [5.74, 6) is 1.95. The zero-order chi connectivity index (χ0) is 15.1. The van der Waals surface area contributed by atoms with Gasteiger partial charge in [-0.05, 0) is 11.8 Å². The summed E-state index contributed by atoms with van der Waals surface area (Å²) in [5, 5.41) is 0. The highest BCUT2D eigenvalue weighted by Gasteiger charge is 2.14. The van der Waals surface area contributed by atoms with Gasteiger partial charge in [0.25, 0.3) is 0 Å². The van der Waals surface area contributed by atoms with Gasteiger partial charge in [-0.15, -0.1) is 0 Å². The Hall–Kier alpha value is 0. The molecule has 0 fully saturated rings. The van der Waals surface area contributed by atoms with Gasteiger partial charge < -0.3 is 0 Å². The number of hydrogen-bond acceptors (Lipinski definition) is 0.